The van der Waals surface area contributed by atoms with Gasteiger partial charge in [-0.25, -0.2) is 0 Å². The lowest BCUT2D eigenvalue weighted by Crippen LogP contribution is -1.94. The predicted molar refractivity (Wildman–Crippen MR) is 252 cm³/mol. The molecule has 0 unspecified atom stereocenters. The third-order valence-electron chi connectivity index (χ3n) is 12.1. The van der Waals surface area contributed by atoms with Crippen LogP contribution in [0.5, 0.6) is 0 Å². The molecule has 270 valence electrons. The van der Waals surface area contributed by atoms with E-state index in [9.17, 15) is 0 Å². The number of hydrogen-bond donors (Lipinski definition) is 0. The smallest absolute Gasteiger partial charge is 0.0541 e. The Morgan fingerprint density at radius 1 is 0.241 bits per heavy atom. The molecule has 2 nitrogen and oxygen atoms in total. The van der Waals surface area contributed by atoms with Gasteiger partial charge < -0.3 is 9.13 Å². The summed E-state index contributed by atoms with van der Waals surface area (Å²) in [6, 6.07) is 71.8. The first kappa shape index (κ1) is 32.1. The second-order valence-electron chi connectivity index (χ2n) is 15.3. The minimum atomic E-state index is 1.16. The highest BCUT2D eigenvalue weighted by Gasteiger charge is 2.18. The molecule has 0 aliphatic carbocycles. The summed E-state index contributed by atoms with van der Waals surface area (Å²) in [4.78, 5) is 0. The lowest BCUT2D eigenvalue weighted by molar-refractivity contribution is 1.18. The molecule has 0 radical (unpaired) electrons. The van der Waals surface area contributed by atoms with Crippen LogP contribution in [0.3, 0.4) is 0 Å². The lowest BCUT2D eigenvalue weighted by atomic mass is 10.0. The maximum Gasteiger partial charge on any atom is 0.0541 e. The summed E-state index contributed by atoms with van der Waals surface area (Å²) in [7, 11) is 0. The second-order valence-corrected chi connectivity index (χ2v) is 17.5. The Labute approximate surface area is 341 Å². The van der Waals surface area contributed by atoms with Gasteiger partial charge in [-0.3, -0.25) is 0 Å². The van der Waals surface area contributed by atoms with E-state index in [1.54, 1.807) is 0 Å². The first-order chi connectivity index (χ1) is 28.7. The summed E-state index contributed by atoms with van der Waals surface area (Å²) in [6.45, 7) is 0. The number of thiophene rings is 2. The third kappa shape index (κ3) is 4.70. The fraction of sp³-hybridized carbons (Fsp3) is 0. The first-order valence-electron chi connectivity index (χ1n) is 19.7. The Morgan fingerprint density at radius 3 is 1.34 bits per heavy atom. The Kier molecular flexibility index (Phi) is 6.79. The molecule has 0 atom stereocenters. The number of fused-ring (bicyclic) bond motifs is 12. The number of aromatic nitrogens is 2. The second kappa shape index (κ2) is 12.3. The molecule has 0 N–H and O–H groups in total. The maximum atomic E-state index is 2.45. The molecule has 13 rings (SSSR count). The molecule has 58 heavy (non-hydrogen) atoms. The molecular weight excluding hydrogens is 741 g/mol. The summed E-state index contributed by atoms with van der Waals surface area (Å²) in [5, 5.41) is 10.4. The Balaban J connectivity index is 0.929. The van der Waals surface area contributed by atoms with E-state index in [0.29, 0.717) is 0 Å². The highest BCUT2D eigenvalue weighted by atomic mass is 32.1. The van der Waals surface area contributed by atoms with Crippen LogP contribution in [-0.2, 0) is 0 Å². The Bertz CT molecular complexity index is 3780. The van der Waals surface area contributed by atoms with Crippen LogP contribution in [0.4, 0.5) is 0 Å². The van der Waals surface area contributed by atoms with E-state index in [4.69, 9.17) is 0 Å². The summed E-state index contributed by atoms with van der Waals surface area (Å²) >= 11 is 3.79. The van der Waals surface area contributed by atoms with Crippen molar-refractivity contribution in [1.82, 2.24) is 9.13 Å². The summed E-state index contributed by atoms with van der Waals surface area (Å²) < 4.78 is 10.2. The van der Waals surface area contributed by atoms with Crippen molar-refractivity contribution in [1.29, 1.82) is 0 Å². The molecule has 4 aromatic heterocycles. The predicted octanol–water partition coefficient (Wildman–Crippen LogP) is 16.0. The average Bonchev–Trinajstić information content (AvgIpc) is 4.02. The Hall–Kier alpha value is -6.98. The molecule has 4 heterocycles. The minimum Gasteiger partial charge on any atom is -0.309 e. The topological polar surface area (TPSA) is 9.86 Å². The van der Waals surface area contributed by atoms with E-state index in [1.807, 2.05) is 22.7 Å². The largest absolute Gasteiger partial charge is 0.309 e. The zero-order valence-electron chi connectivity index (χ0n) is 31.2. The van der Waals surface area contributed by atoms with E-state index in [2.05, 4.69) is 203 Å². The van der Waals surface area contributed by atoms with Crippen molar-refractivity contribution in [3.63, 3.8) is 0 Å². The van der Waals surface area contributed by atoms with Crippen molar-refractivity contribution in [3.8, 4) is 33.6 Å². The van der Waals surface area contributed by atoms with Gasteiger partial charge in [-0.2, -0.15) is 0 Å². The van der Waals surface area contributed by atoms with E-state index in [-0.39, 0.29) is 0 Å². The van der Waals surface area contributed by atoms with Gasteiger partial charge in [-0.1, -0.05) is 115 Å². The van der Waals surface area contributed by atoms with Crippen LogP contribution >= 0.6 is 22.7 Å². The van der Waals surface area contributed by atoms with Gasteiger partial charge in [-0.05, 0) is 101 Å². The molecular formula is C54H32N2S2. The number of nitrogens with zero attached hydrogens (tertiary/aromatic N) is 2. The van der Waals surface area contributed by atoms with Crippen molar-refractivity contribution in [3.05, 3.63) is 194 Å². The maximum absolute atomic E-state index is 2.45. The van der Waals surface area contributed by atoms with Gasteiger partial charge in [0.1, 0.15) is 0 Å². The lowest BCUT2D eigenvalue weighted by Gasteiger charge is -2.10. The molecule has 0 saturated carbocycles. The van der Waals surface area contributed by atoms with Gasteiger partial charge in [0.05, 0.1) is 22.1 Å². The molecule has 0 fully saturated rings. The van der Waals surface area contributed by atoms with E-state index in [1.165, 1.54) is 112 Å². The molecule has 9 aromatic carbocycles. The fourth-order valence-corrected chi connectivity index (χ4v) is 11.7. The van der Waals surface area contributed by atoms with Crippen molar-refractivity contribution in [2.45, 2.75) is 0 Å². The van der Waals surface area contributed by atoms with Crippen molar-refractivity contribution in [2.75, 3.05) is 0 Å². The van der Waals surface area contributed by atoms with Gasteiger partial charge in [-0.15, -0.1) is 22.7 Å². The highest BCUT2D eigenvalue weighted by Crippen LogP contribution is 2.44. The van der Waals surface area contributed by atoms with Gasteiger partial charge >= 0.3 is 0 Å². The van der Waals surface area contributed by atoms with Crippen molar-refractivity contribution in [2.24, 2.45) is 0 Å². The molecule has 0 amide bonds. The van der Waals surface area contributed by atoms with Crippen LogP contribution in [-0.4, -0.2) is 9.13 Å². The normalized spacial score (nSPS) is 12.1. The molecule has 0 spiro atoms. The number of hydrogen-bond acceptors (Lipinski definition) is 2. The first-order valence-corrected chi connectivity index (χ1v) is 21.4. The highest BCUT2D eigenvalue weighted by molar-refractivity contribution is 7.27. The summed E-state index contributed by atoms with van der Waals surface area (Å²) in [5.41, 5.74) is 12.1. The monoisotopic (exact) mass is 772 g/mol. The average molecular weight is 773 g/mol. The Morgan fingerprint density at radius 2 is 0.690 bits per heavy atom. The minimum absolute atomic E-state index is 1.16. The number of benzene rings is 9. The van der Waals surface area contributed by atoms with Crippen LogP contribution in [0.15, 0.2) is 194 Å². The van der Waals surface area contributed by atoms with Gasteiger partial charge in [0.15, 0.2) is 0 Å². The molecule has 4 heteroatoms. The number of para-hydroxylation sites is 2. The summed E-state index contributed by atoms with van der Waals surface area (Å²) in [6.07, 6.45) is 0. The van der Waals surface area contributed by atoms with E-state index in [0.717, 1.165) is 5.69 Å². The van der Waals surface area contributed by atoms with Crippen LogP contribution in [0.25, 0.3) is 118 Å². The zero-order chi connectivity index (χ0) is 37.9. The zero-order valence-corrected chi connectivity index (χ0v) is 32.8. The molecule has 0 bridgehead atoms. The molecule has 0 aliphatic heterocycles. The standard InChI is InChI=1S/C54H32N2S2/c1-2-10-33(11-3-1)34-18-22-37(23-19-34)55-47-15-7-4-12-39(47)43-28-35(20-26-49(43)55)36-21-27-50-44(29-36)40-13-5-8-16-48(40)56(50)38-24-25-42-46-32-53-45(31-54(46)58-52(42)30-38)41-14-6-9-17-51(41)57-53/h1-32H. The van der Waals surface area contributed by atoms with Gasteiger partial charge in [0, 0.05) is 73.3 Å². The number of rotatable bonds is 4. The molecule has 13 aromatic rings. The van der Waals surface area contributed by atoms with Crippen molar-refractivity contribution < 1.29 is 0 Å². The van der Waals surface area contributed by atoms with Crippen LogP contribution in [0.1, 0.15) is 0 Å². The SMILES string of the molecule is c1ccc(-c2ccc(-n3c4ccccc4c4cc(-c5ccc6c(c5)c5ccccc5n6-c5ccc6c(c5)sc5cc7c(cc56)sc5ccccc57)ccc43)cc2)cc1. The van der Waals surface area contributed by atoms with E-state index < -0.39 is 0 Å². The summed E-state index contributed by atoms with van der Waals surface area (Å²) in [5.74, 6) is 0. The van der Waals surface area contributed by atoms with Gasteiger partial charge in [0.25, 0.3) is 0 Å². The fourth-order valence-electron chi connectivity index (χ4n) is 9.42. The van der Waals surface area contributed by atoms with Crippen LogP contribution in [0.2, 0.25) is 0 Å². The van der Waals surface area contributed by atoms with Crippen LogP contribution < -0.4 is 0 Å². The van der Waals surface area contributed by atoms with Crippen LogP contribution in [0, 0.1) is 0 Å². The quantitative estimate of drug-likeness (QED) is 0.169. The third-order valence-corrected chi connectivity index (χ3v) is 14.4. The molecule has 0 saturated heterocycles. The molecule has 0 aliphatic rings. The van der Waals surface area contributed by atoms with Gasteiger partial charge in [0.2, 0.25) is 0 Å². The van der Waals surface area contributed by atoms with Crippen molar-refractivity contribution >= 4 is 107 Å². The van der Waals surface area contributed by atoms with E-state index >= 15 is 0 Å².